The summed E-state index contributed by atoms with van der Waals surface area (Å²) in [6, 6.07) is 15.3. The summed E-state index contributed by atoms with van der Waals surface area (Å²) in [4.78, 5) is 22.9. The van der Waals surface area contributed by atoms with Gasteiger partial charge in [0.25, 0.3) is 5.91 Å². The van der Waals surface area contributed by atoms with Crippen LogP contribution >= 0.6 is 0 Å². The van der Waals surface area contributed by atoms with Gasteiger partial charge in [-0.1, -0.05) is 32.0 Å². The number of para-hydroxylation sites is 1. The van der Waals surface area contributed by atoms with Crippen molar-refractivity contribution in [3.8, 4) is 17.2 Å². The van der Waals surface area contributed by atoms with Crippen molar-refractivity contribution in [3.05, 3.63) is 54.6 Å². The van der Waals surface area contributed by atoms with E-state index in [0.717, 1.165) is 5.75 Å². The van der Waals surface area contributed by atoms with Crippen LogP contribution in [0.4, 0.5) is 0 Å². The molecule has 1 amide bonds. The van der Waals surface area contributed by atoms with Gasteiger partial charge in [0.1, 0.15) is 23.3 Å². The zero-order valence-electron chi connectivity index (χ0n) is 14.1. The minimum Gasteiger partial charge on any atom is -0.484 e. The minimum absolute atomic E-state index is 0.212. The molecule has 0 saturated carbocycles. The average molecular weight is 343 g/mol. The number of hydrogen-bond donors (Lipinski definition) is 2. The Labute approximate surface area is 146 Å². The van der Waals surface area contributed by atoms with Crippen molar-refractivity contribution in [1.29, 1.82) is 0 Å². The number of carboxylic acid groups (broad SMARTS) is 1. The van der Waals surface area contributed by atoms with Crippen LogP contribution in [0.25, 0.3) is 0 Å². The van der Waals surface area contributed by atoms with Crippen molar-refractivity contribution in [2.45, 2.75) is 19.9 Å². The number of carbonyl (C=O) groups is 2. The second-order valence-corrected chi connectivity index (χ2v) is 5.80. The van der Waals surface area contributed by atoms with Gasteiger partial charge >= 0.3 is 5.97 Å². The van der Waals surface area contributed by atoms with Crippen LogP contribution < -0.4 is 14.8 Å². The molecule has 2 aromatic carbocycles. The zero-order chi connectivity index (χ0) is 18.2. The summed E-state index contributed by atoms with van der Waals surface area (Å²) in [6.45, 7) is 3.20. The van der Waals surface area contributed by atoms with Crippen molar-refractivity contribution in [2.24, 2.45) is 5.92 Å². The summed E-state index contributed by atoms with van der Waals surface area (Å²) in [6.07, 6.45) is 0. The molecule has 0 aliphatic heterocycles. The summed E-state index contributed by atoms with van der Waals surface area (Å²) < 4.78 is 11.0. The molecule has 6 nitrogen and oxygen atoms in total. The molecule has 0 aliphatic rings. The molecule has 0 aromatic heterocycles. The van der Waals surface area contributed by atoms with E-state index in [4.69, 9.17) is 14.6 Å². The Balaban J connectivity index is 1.85. The first-order valence-corrected chi connectivity index (χ1v) is 7.93. The third-order valence-corrected chi connectivity index (χ3v) is 3.42. The molecule has 0 radical (unpaired) electrons. The number of amides is 1. The predicted octanol–water partition coefficient (Wildman–Crippen LogP) is 3.08. The van der Waals surface area contributed by atoms with E-state index < -0.39 is 17.9 Å². The van der Waals surface area contributed by atoms with Crippen molar-refractivity contribution in [3.63, 3.8) is 0 Å². The highest BCUT2D eigenvalue weighted by Gasteiger charge is 2.23. The smallest absolute Gasteiger partial charge is 0.326 e. The second-order valence-electron chi connectivity index (χ2n) is 5.80. The predicted molar refractivity (Wildman–Crippen MR) is 92.9 cm³/mol. The molecule has 0 heterocycles. The summed E-state index contributed by atoms with van der Waals surface area (Å²) >= 11 is 0. The lowest BCUT2D eigenvalue weighted by Crippen LogP contribution is -2.46. The Bertz CT molecular complexity index is 698. The molecule has 1 unspecified atom stereocenters. The summed E-state index contributed by atoms with van der Waals surface area (Å²) in [5.41, 5.74) is 0. The second kappa shape index (κ2) is 8.73. The maximum absolute atomic E-state index is 11.8. The molecule has 0 spiro atoms. The van der Waals surface area contributed by atoms with Crippen molar-refractivity contribution >= 4 is 11.9 Å². The first-order chi connectivity index (χ1) is 12.0. The highest BCUT2D eigenvalue weighted by atomic mass is 16.5. The van der Waals surface area contributed by atoms with E-state index in [1.807, 2.05) is 30.3 Å². The van der Waals surface area contributed by atoms with Crippen molar-refractivity contribution in [1.82, 2.24) is 5.32 Å². The first-order valence-electron chi connectivity index (χ1n) is 7.93. The zero-order valence-corrected chi connectivity index (χ0v) is 14.1. The maximum Gasteiger partial charge on any atom is 0.326 e. The van der Waals surface area contributed by atoms with E-state index in [1.165, 1.54) is 0 Å². The van der Waals surface area contributed by atoms with Gasteiger partial charge in [-0.2, -0.15) is 0 Å². The number of carbonyl (C=O) groups excluding carboxylic acids is 1. The van der Waals surface area contributed by atoms with Gasteiger partial charge in [0, 0.05) is 0 Å². The number of ether oxygens (including phenoxy) is 2. The van der Waals surface area contributed by atoms with Crippen molar-refractivity contribution < 1.29 is 24.2 Å². The number of carboxylic acids is 1. The van der Waals surface area contributed by atoms with Crippen LogP contribution in [0.1, 0.15) is 13.8 Å². The van der Waals surface area contributed by atoms with Gasteiger partial charge in [0.2, 0.25) is 0 Å². The van der Waals surface area contributed by atoms with Crippen LogP contribution in [0.2, 0.25) is 0 Å². The topological polar surface area (TPSA) is 84.9 Å². The van der Waals surface area contributed by atoms with Crippen LogP contribution in [0.5, 0.6) is 17.2 Å². The number of benzene rings is 2. The standard InChI is InChI=1S/C19H21NO5/c1-13(2)18(19(22)23)20-17(21)12-24-14-8-10-16(11-9-14)25-15-6-4-3-5-7-15/h3-11,13,18H,12H2,1-2H3,(H,20,21)(H,22,23). The van der Waals surface area contributed by atoms with Crippen LogP contribution in [0.15, 0.2) is 54.6 Å². The first kappa shape index (κ1) is 18.3. The number of nitrogens with one attached hydrogen (secondary N) is 1. The van der Waals surface area contributed by atoms with E-state index in [-0.39, 0.29) is 12.5 Å². The molecule has 2 aromatic rings. The monoisotopic (exact) mass is 343 g/mol. The fraction of sp³-hybridized carbons (Fsp3) is 0.263. The van der Waals surface area contributed by atoms with Gasteiger partial charge in [0.15, 0.2) is 6.61 Å². The third-order valence-electron chi connectivity index (χ3n) is 3.42. The number of rotatable bonds is 8. The minimum atomic E-state index is -1.06. The fourth-order valence-corrected chi connectivity index (χ4v) is 2.11. The molecule has 1 atom stereocenters. The van der Waals surface area contributed by atoms with E-state index in [1.54, 1.807) is 38.1 Å². The van der Waals surface area contributed by atoms with Crippen LogP contribution in [0.3, 0.4) is 0 Å². The Morgan fingerprint density at radius 1 is 0.960 bits per heavy atom. The van der Waals surface area contributed by atoms with Crippen molar-refractivity contribution in [2.75, 3.05) is 6.61 Å². The molecule has 0 aliphatic carbocycles. The Hall–Kier alpha value is -3.02. The molecule has 132 valence electrons. The van der Waals surface area contributed by atoms with E-state index >= 15 is 0 Å². The van der Waals surface area contributed by atoms with Gasteiger partial charge < -0.3 is 19.9 Å². The lowest BCUT2D eigenvalue weighted by molar-refractivity contribution is -0.143. The lowest BCUT2D eigenvalue weighted by Gasteiger charge is -2.18. The molecule has 0 bridgehead atoms. The fourth-order valence-electron chi connectivity index (χ4n) is 2.11. The molecule has 0 fully saturated rings. The molecular weight excluding hydrogens is 322 g/mol. The SMILES string of the molecule is CC(C)C(NC(=O)COc1ccc(Oc2ccccc2)cc1)C(=O)O. The van der Waals surface area contributed by atoms with Gasteiger partial charge in [-0.15, -0.1) is 0 Å². The number of hydrogen-bond acceptors (Lipinski definition) is 4. The van der Waals surface area contributed by atoms with Crippen LogP contribution in [-0.2, 0) is 9.59 Å². The molecule has 2 rings (SSSR count). The number of aliphatic carboxylic acids is 1. The Morgan fingerprint density at radius 2 is 1.52 bits per heavy atom. The van der Waals surface area contributed by atoms with Gasteiger partial charge in [-0.05, 0) is 42.3 Å². The lowest BCUT2D eigenvalue weighted by atomic mass is 10.1. The highest BCUT2D eigenvalue weighted by molar-refractivity contribution is 5.84. The molecule has 2 N–H and O–H groups in total. The average Bonchev–Trinajstić information content (AvgIpc) is 2.59. The molecule has 6 heteroatoms. The van der Waals surface area contributed by atoms with E-state index in [9.17, 15) is 9.59 Å². The largest absolute Gasteiger partial charge is 0.484 e. The van der Waals surface area contributed by atoms with Gasteiger partial charge in [-0.3, -0.25) is 4.79 Å². The Kier molecular flexibility index (Phi) is 6.39. The van der Waals surface area contributed by atoms with E-state index in [0.29, 0.717) is 11.5 Å². The van der Waals surface area contributed by atoms with Crippen LogP contribution in [0, 0.1) is 5.92 Å². The third kappa shape index (κ3) is 5.84. The highest BCUT2D eigenvalue weighted by Crippen LogP contribution is 2.23. The van der Waals surface area contributed by atoms with Crippen LogP contribution in [-0.4, -0.2) is 29.6 Å². The normalized spacial score (nSPS) is 11.6. The van der Waals surface area contributed by atoms with Gasteiger partial charge in [0.05, 0.1) is 0 Å². The van der Waals surface area contributed by atoms with Gasteiger partial charge in [-0.25, -0.2) is 4.79 Å². The maximum atomic E-state index is 11.8. The summed E-state index contributed by atoms with van der Waals surface area (Å²) in [7, 11) is 0. The quantitative estimate of drug-likeness (QED) is 0.769. The summed E-state index contributed by atoms with van der Waals surface area (Å²) in [5.74, 6) is 0.108. The summed E-state index contributed by atoms with van der Waals surface area (Å²) in [5, 5.41) is 11.5. The molecule has 0 saturated heterocycles. The van der Waals surface area contributed by atoms with E-state index in [2.05, 4.69) is 5.32 Å². The molecule has 25 heavy (non-hydrogen) atoms. The Morgan fingerprint density at radius 3 is 2.08 bits per heavy atom. The molecular formula is C19H21NO5.